The van der Waals surface area contributed by atoms with Crippen LogP contribution in [0.5, 0.6) is 0 Å². The number of carbonyl (C=O) groups is 1. The predicted molar refractivity (Wildman–Crippen MR) is 144 cm³/mol. The molecule has 3 aromatic rings. The quantitative estimate of drug-likeness (QED) is 0.384. The summed E-state index contributed by atoms with van der Waals surface area (Å²) in [6.07, 6.45) is 4.85. The van der Waals surface area contributed by atoms with Gasteiger partial charge in [-0.3, -0.25) is 9.59 Å². The summed E-state index contributed by atoms with van der Waals surface area (Å²) in [5.74, 6) is 0.0133. The minimum Gasteiger partial charge on any atom is -0.378 e. The van der Waals surface area contributed by atoms with Gasteiger partial charge < -0.3 is 31.0 Å². The van der Waals surface area contributed by atoms with E-state index in [1.807, 2.05) is 25.1 Å². The first-order valence-electron chi connectivity index (χ1n) is 11.6. The maximum Gasteiger partial charge on any atom is 0.257 e. The first-order chi connectivity index (χ1) is 17.3. The van der Waals surface area contributed by atoms with E-state index < -0.39 is 5.91 Å². The van der Waals surface area contributed by atoms with E-state index in [0.717, 1.165) is 43.3 Å². The molecule has 0 saturated carbocycles. The highest BCUT2D eigenvalue weighted by Gasteiger charge is 2.15. The number of H-pyrrole nitrogens is 1. The van der Waals surface area contributed by atoms with E-state index in [2.05, 4.69) is 51.1 Å². The highest BCUT2D eigenvalue weighted by Crippen LogP contribution is 2.27. The molecular weight excluding hydrogens is 456 g/mol. The Hall–Kier alpha value is -4.37. The van der Waals surface area contributed by atoms with Gasteiger partial charge >= 0.3 is 0 Å². The number of hydrogen-bond donors (Lipinski definition) is 4. The molecule has 1 aliphatic heterocycles. The number of rotatable bonds is 8. The van der Waals surface area contributed by atoms with Gasteiger partial charge in [-0.25, -0.2) is 4.98 Å². The van der Waals surface area contributed by atoms with Crippen LogP contribution in [0.25, 0.3) is 11.8 Å². The van der Waals surface area contributed by atoms with Gasteiger partial charge in [0.15, 0.2) is 0 Å². The van der Waals surface area contributed by atoms with Gasteiger partial charge in [0.05, 0.1) is 24.3 Å². The van der Waals surface area contributed by atoms with Crippen LogP contribution in [-0.2, 0) is 4.74 Å². The second-order valence-corrected chi connectivity index (χ2v) is 8.59. The Morgan fingerprint density at radius 2 is 1.97 bits per heavy atom. The van der Waals surface area contributed by atoms with E-state index in [0.29, 0.717) is 28.2 Å². The van der Waals surface area contributed by atoms with Crippen molar-refractivity contribution in [3.63, 3.8) is 0 Å². The van der Waals surface area contributed by atoms with Gasteiger partial charge in [-0.1, -0.05) is 6.58 Å². The minimum atomic E-state index is -0.536. The zero-order chi connectivity index (χ0) is 25.7. The molecule has 5 N–H and O–H groups in total. The average molecular weight is 487 g/mol. The predicted octanol–water partition coefficient (Wildman–Crippen LogP) is 3.57. The van der Waals surface area contributed by atoms with Gasteiger partial charge in [0.1, 0.15) is 5.82 Å². The lowest BCUT2D eigenvalue weighted by Crippen LogP contribution is -2.36. The molecule has 9 heteroatoms. The summed E-state index contributed by atoms with van der Waals surface area (Å²) >= 11 is 0. The lowest BCUT2D eigenvalue weighted by atomic mass is 10.1. The Bertz CT molecular complexity index is 1350. The second kappa shape index (κ2) is 10.9. The summed E-state index contributed by atoms with van der Waals surface area (Å²) < 4.78 is 5.46. The Kier molecular flexibility index (Phi) is 7.50. The molecule has 1 aliphatic rings. The number of amides is 1. The molecule has 0 radical (unpaired) electrons. The molecule has 186 valence electrons. The Balaban J connectivity index is 1.52. The van der Waals surface area contributed by atoms with Crippen LogP contribution in [0.15, 0.2) is 65.9 Å². The normalized spacial score (nSPS) is 13.8. The number of hydrogen-bond acceptors (Lipinski definition) is 7. The van der Waals surface area contributed by atoms with Crippen molar-refractivity contribution in [3.8, 4) is 0 Å². The lowest BCUT2D eigenvalue weighted by Gasteiger charge is -2.30. The van der Waals surface area contributed by atoms with Gasteiger partial charge in [0, 0.05) is 48.3 Å². The summed E-state index contributed by atoms with van der Waals surface area (Å²) in [5, 5.41) is 6.45. The molecule has 3 heterocycles. The van der Waals surface area contributed by atoms with Crippen molar-refractivity contribution in [1.82, 2.24) is 9.97 Å². The topological polar surface area (TPSA) is 125 Å². The van der Waals surface area contributed by atoms with Crippen molar-refractivity contribution >= 4 is 34.9 Å². The van der Waals surface area contributed by atoms with Crippen LogP contribution in [0, 0.1) is 6.92 Å². The third kappa shape index (κ3) is 5.81. The monoisotopic (exact) mass is 486 g/mol. The number of aromatic amines is 1. The fraction of sp³-hybridized carbons (Fsp3) is 0.222. The molecule has 1 fully saturated rings. The number of carbonyl (C=O) groups excluding carboxylic acids is 1. The SMILES string of the molecule is C=C(Nc1ccc(N2CCOCC2)c(C)c1)c1c(/C=C(\C)Nc2ccc(C(N)=O)cn2)cc[nH]c1=O. The molecule has 1 saturated heterocycles. The molecule has 0 atom stereocenters. The zero-order valence-electron chi connectivity index (χ0n) is 20.4. The molecule has 0 unspecified atom stereocenters. The number of morpholine rings is 1. The maximum atomic E-state index is 12.8. The van der Waals surface area contributed by atoms with Gasteiger partial charge in [0.25, 0.3) is 5.56 Å². The maximum absolute atomic E-state index is 12.8. The first kappa shape index (κ1) is 24.7. The number of benzene rings is 1. The van der Waals surface area contributed by atoms with Crippen molar-refractivity contribution in [3.05, 3.63) is 93.7 Å². The van der Waals surface area contributed by atoms with Crippen molar-refractivity contribution in [2.45, 2.75) is 13.8 Å². The molecule has 0 spiro atoms. The van der Waals surface area contributed by atoms with Gasteiger partial charge in [-0.15, -0.1) is 0 Å². The van der Waals surface area contributed by atoms with Crippen LogP contribution in [-0.4, -0.2) is 42.2 Å². The van der Waals surface area contributed by atoms with Crippen LogP contribution >= 0.6 is 0 Å². The summed E-state index contributed by atoms with van der Waals surface area (Å²) in [6.45, 7) is 11.3. The fourth-order valence-electron chi connectivity index (χ4n) is 4.14. The van der Waals surface area contributed by atoms with E-state index in [1.54, 1.807) is 18.3 Å². The second-order valence-electron chi connectivity index (χ2n) is 8.59. The number of ether oxygens (including phenoxy) is 1. The molecule has 1 amide bonds. The number of nitrogens with two attached hydrogens (primary N) is 1. The van der Waals surface area contributed by atoms with Crippen LogP contribution in [0.1, 0.15) is 34.0 Å². The smallest absolute Gasteiger partial charge is 0.257 e. The van der Waals surface area contributed by atoms with Crippen LogP contribution in [0.4, 0.5) is 17.2 Å². The Morgan fingerprint density at radius 3 is 2.64 bits per heavy atom. The molecular formula is C27H30N6O3. The largest absolute Gasteiger partial charge is 0.378 e. The minimum absolute atomic E-state index is 0.250. The number of primary amides is 1. The molecule has 4 rings (SSSR count). The van der Waals surface area contributed by atoms with Crippen LogP contribution in [0.3, 0.4) is 0 Å². The van der Waals surface area contributed by atoms with Crippen LogP contribution < -0.4 is 26.8 Å². The number of aromatic nitrogens is 2. The molecule has 1 aromatic carbocycles. The van der Waals surface area contributed by atoms with E-state index >= 15 is 0 Å². The Labute approximate surface area is 209 Å². The summed E-state index contributed by atoms with van der Waals surface area (Å²) in [4.78, 5) is 33.2. The van der Waals surface area contributed by atoms with Gasteiger partial charge in [0.2, 0.25) is 5.91 Å². The number of anilines is 3. The first-order valence-corrected chi connectivity index (χ1v) is 11.6. The number of nitrogens with one attached hydrogen (secondary N) is 3. The van der Waals surface area contributed by atoms with Crippen molar-refractivity contribution < 1.29 is 9.53 Å². The number of allylic oxidation sites excluding steroid dienone is 1. The zero-order valence-corrected chi connectivity index (χ0v) is 20.4. The lowest BCUT2D eigenvalue weighted by molar-refractivity contribution is 0.1000. The highest BCUT2D eigenvalue weighted by atomic mass is 16.5. The number of nitrogens with zero attached hydrogens (tertiary/aromatic N) is 2. The highest BCUT2D eigenvalue weighted by molar-refractivity contribution is 5.92. The van der Waals surface area contributed by atoms with Gasteiger partial charge in [-0.2, -0.15) is 0 Å². The van der Waals surface area contributed by atoms with Gasteiger partial charge in [-0.05, 0) is 67.4 Å². The van der Waals surface area contributed by atoms with E-state index in [4.69, 9.17) is 10.5 Å². The number of aryl methyl sites for hydroxylation is 1. The molecule has 0 aliphatic carbocycles. The van der Waals surface area contributed by atoms with Crippen molar-refractivity contribution in [2.24, 2.45) is 5.73 Å². The summed E-state index contributed by atoms with van der Waals surface area (Å²) in [5.41, 5.74) is 10.9. The standard InChI is InChI=1S/C27H30N6O3/c1-17-14-22(5-6-23(17)33-10-12-36-13-11-33)32-19(3)25-20(8-9-29-27(25)35)15-18(2)31-24-7-4-21(16-30-24)26(28)34/h4-9,14-16,32H,3,10-13H2,1-2H3,(H2,28,34)(H,29,35)(H,30,31)/b18-15+. The number of pyridine rings is 2. The molecule has 36 heavy (non-hydrogen) atoms. The van der Waals surface area contributed by atoms with E-state index in [9.17, 15) is 9.59 Å². The molecule has 9 nitrogen and oxygen atoms in total. The molecule has 0 bridgehead atoms. The van der Waals surface area contributed by atoms with Crippen molar-refractivity contribution in [1.29, 1.82) is 0 Å². The van der Waals surface area contributed by atoms with Crippen molar-refractivity contribution in [2.75, 3.05) is 41.8 Å². The van der Waals surface area contributed by atoms with E-state index in [-0.39, 0.29) is 5.56 Å². The third-order valence-corrected chi connectivity index (χ3v) is 5.88. The molecule has 2 aromatic heterocycles. The fourth-order valence-corrected chi connectivity index (χ4v) is 4.14. The Morgan fingerprint density at radius 1 is 1.19 bits per heavy atom. The summed E-state index contributed by atoms with van der Waals surface area (Å²) in [6, 6.07) is 11.2. The third-order valence-electron chi connectivity index (χ3n) is 5.88. The average Bonchev–Trinajstić information content (AvgIpc) is 2.85. The van der Waals surface area contributed by atoms with Crippen LogP contribution in [0.2, 0.25) is 0 Å². The summed E-state index contributed by atoms with van der Waals surface area (Å²) in [7, 11) is 0. The van der Waals surface area contributed by atoms with E-state index in [1.165, 1.54) is 11.9 Å².